The van der Waals surface area contributed by atoms with Crippen LogP contribution in [0, 0.1) is 0 Å². The molecule has 0 fully saturated rings. The van der Waals surface area contributed by atoms with Crippen LogP contribution in [0.5, 0.6) is 0 Å². The zero-order valence-corrected chi connectivity index (χ0v) is 11.0. The highest BCUT2D eigenvalue weighted by Crippen LogP contribution is 2.34. The van der Waals surface area contributed by atoms with Crippen LogP contribution in [0.25, 0.3) is 33.6 Å². The summed E-state index contributed by atoms with van der Waals surface area (Å²) in [6.07, 6.45) is 3.73. The first-order chi connectivity index (χ1) is 9.84. The van der Waals surface area contributed by atoms with Gasteiger partial charge in [-0.1, -0.05) is 18.2 Å². The number of rotatable bonds is 0. The van der Waals surface area contributed by atoms with Gasteiger partial charge in [0.05, 0.1) is 22.7 Å². The van der Waals surface area contributed by atoms with Crippen molar-refractivity contribution in [3.63, 3.8) is 0 Å². The van der Waals surface area contributed by atoms with E-state index in [-0.39, 0.29) is 0 Å². The SMILES string of the molecule is Cn1c2cnccc2c2c1oc1[n+]2Cc2ccccc2-1. The largest absolute Gasteiger partial charge is 0.383 e. The summed E-state index contributed by atoms with van der Waals surface area (Å²) in [6, 6.07) is 10.5. The van der Waals surface area contributed by atoms with Gasteiger partial charge in [0.1, 0.15) is 0 Å². The second-order valence-electron chi connectivity index (χ2n) is 5.26. The summed E-state index contributed by atoms with van der Waals surface area (Å²) in [7, 11) is 2.03. The maximum Gasteiger partial charge on any atom is 0.383 e. The fourth-order valence-corrected chi connectivity index (χ4v) is 3.25. The monoisotopic (exact) mass is 262 g/mol. The smallest absolute Gasteiger partial charge is 0.380 e. The molecule has 0 spiro atoms. The number of nitrogens with zero attached hydrogens (tertiary/aromatic N) is 3. The van der Waals surface area contributed by atoms with Crippen molar-refractivity contribution in [1.82, 2.24) is 9.55 Å². The summed E-state index contributed by atoms with van der Waals surface area (Å²) in [5.74, 6) is 0.958. The van der Waals surface area contributed by atoms with Crippen LogP contribution in [0.3, 0.4) is 0 Å². The maximum absolute atomic E-state index is 6.15. The standard InChI is InChI=1S/C16H12N3O/c1-18-13-8-17-7-6-12(13)14-16(18)20-15-11-5-3-2-4-10(11)9-19(14)15/h2-8H,9H2,1H3/q+1. The Morgan fingerprint density at radius 1 is 1.25 bits per heavy atom. The van der Waals surface area contributed by atoms with E-state index in [1.807, 2.05) is 19.4 Å². The van der Waals surface area contributed by atoms with Crippen LogP contribution in [-0.2, 0) is 13.6 Å². The Bertz CT molecular complexity index is 994. The van der Waals surface area contributed by atoms with E-state index in [9.17, 15) is 0 Å². The minimum absolute atomic E-state index is 0.875. The summed E-state index contributed by atoms with van der Waals surface area (Å²) in [5, 5.41) is 1.19. The average molecular weight is 262 g/mol. The molecule has 4 heterocycles. The number of aryl methyl sites for hydroxylation is 1. The topological polar surface area (TPSA) is 34.8 Å². The Morgan fingerprint density at radius 3 is 3.10 bits per heavy atom. The van der Waals surface area contributed by atoms with Gasteiger partial charge in [-0.3, -0.25) is 4.98 Å². The van der Waals surface area contributed by atoms with Crippen molar-refractivity contribution in [2.75, 3.05) is 0 Å². The highest BCUT2D eigenvalue weighted by Gasteiger charge is 2.36. The van der Waals surface area contributed by atoms with Gasteiger partial charge >= 0.3 is 5.89 Å². The van der Waals surface area contributed by atoms with E-state index in [1.54, 1.807) is 0 Å². The molecule has 0 atom stereocenters. The third kappa shape index (κ3) is 1.04. The quantitative estimate of drug-likeness (QED) is 0.402. The molecule has 1 aliphatic rings. The van der Waals surface area contributed by atoms with E-state index in [1.165, 1.54) is 16.5 Å². The highest BCUT2D eigenvalue weighted by atomic mass is 16.4. The van der Waals surface area contributed by atoms with E-state index < -0.39 is 0 Å². The molecule has 96 valence electrons. The van der Waals surface area contributed by atoms with Gasteiger partial charge in [0.25, 0.3) is 11.2 Å². The summed E-state index contributed by atoms with van der Waals surface area (Å²) >= 11 is 0. The van der Waals surface area contributed by atoms with Gasteiger partial charge in [0.2, 0.25) is 0 Å². The lowest BCUT2D eigenvalue weighted by Crippen LogP contribution is -2.30. The third-order valence-corrected chi connectivity index (χ3v) is 4.21. The molecule has 1 aromatic carbocycles. The molecule has 1 aliphatic heterocycles. The van der Waals surface area contributed by atoms with E-state index in [0.29, 0.717) is 0 Å². The van der Waals surface area contributed by atoms with Crippen molar-refractivity contribution in [1.29, 1.82) is 0 Å². The molecule has 4 nitrogen and oxygen atoms in total. The van der Waals surface area contributed by atoms with Crippen LogP contribution in [-0.4, -0.2) is 9.55 Å². The Hall–Kier alpha value is -2.62. The Morgan fingerprint density at radius 2 is 2.15 bits per heavy atom. The van der Waals surface area contributed by atoms with Crippen molar-refractivity contribution in [2.24, 2.45) is 7.05 Å². The van der Waals surface area contributed by atoms with Crippen LogP contribution in [0.2, 0.25) is 0 Å². The minimum Gasteiger partial charge on any atom is -0.380 e. The van der Waals surface area contributed by atoms with Crippen LogP contribution >= 0.6 is 0 Å². The number of benzene rings is 1. The first-order valence-corrected chi connectivity index (χ1v) is 6.67. The molecule has 0 saturated heterocycles. The minimum atomic E-state index is 0.875. The van der Waals surface area contributed by atoms with Crippen molar-refractivity contribution < 1.29 is 8.98 Å². The molecular weight excluding hydrogens is 250 g/mol. The number of pyridine rings is 1. The molecule has 5 rings (SSSR count). The van der Waals surface area contributed by atoms with Gasteiger partial charge in [-0.25, -0.2) is 0 Å². The number of hydrogen-bond acceptors (Lipinski definition) is 2. The van der Waals surface area contributed by atoms with Gasteiger partial charge in [0, 0.05) is 18.8 Å². The van der Waals surface area contributed by atoms with Crippen LogP contribution in [0.4, 0.5) is 0 Å². The molecular formula is C16H12N3O+. The predicted molar refractivity (Wildman–Crippen MR) is 75.2 cm³/mol. The maximum atomic E-state index is 6.15. The Balaban J connectivity index is 1.97. The molecule has 0 unspecified atom stereocenters. The number of aromatic nitrogens is 3. The summed E-state index contributed by atoms with van der Waals surface area (Å²) in [4.78, 5) is 4.21. The summed E-state index contributed by atoms with van der Waals surface area (Å²) in [6.45, 7) is 0.875. The van der Waals surface area contributed by atoms with Crippen molar-refractivity contribution in [3.05, 3.63) is 48.3 Å². The van der Waals surface area contributed by atoms with Gasteiger partial charge in [-0.2, -0.15) is 0 Å². The first-order valence-electron chi connectivity index (χ1n) is 6.67. The average Bonchev–Trinajstić information content (AvgIpc) is 3.09. The lowest BCUT2D eigenvalue weighted by Gasteiger charge is -1.93. The molecule has 0 amide bonds. The number of hydrogen-bond donors (Lipinski definition) is 0. The van der Waals surface area contributed by atoms with Crippen molar-refractivity contribution in [3.8, 4) is 11.5 Å². The van der Waals surface area contributed by atoms with E-state index in [0.717, 1.165) is 29.2 Å². The Labute approximate surface area is 114 Å². The van der Waals surface area contributed by atoms with E-state index >= 15 is 0 Å². The molecule has 0 N–H and O–H groups in total. The number of oxazole rings is 1. The zero-order valence-electron chi connectivity index (χ0n) is 11.0. The fourth-order valence-electron chi connectivity index (χ4n) is 3.25. The van der Waals surface area contributed by atoms with Gasteiger partial charge in [-0.15, -0.1) is 4.57 Å². The van der Waals surface area contributed by atoms with Crippen molar-refractivity contribution in [2.45, 2.75) is 6.54 Å². The van der Waals surface area contributed by atoms with Crippen LogP contribution in [0.15, 0.2) is 47.1 Å². The van der Waals surface area contributed by atoms with Gasteiger partial charge in [0.15, 0.2) is 6.54 Å². The second kappa shape index (κ2) is 3.28. The number of fused-ring (bicyclic) bond motifs is 7. The second-order valence-corrected chi connectivity index (χ2v) is 5.26. The van der Waals surface area contributed by atoms with Crippen LogP contribution < -0.4 is 4.57 Å². The van der Waals surface area contributed by atoms with Crippen LogP contribution in [0.1, 0.15) is 5.56 Å². The first kappa shape index (κ1) is 10.2. The third-order valence-electron chi connectivity index (χ3n) is 4.21. The highest BCUT2D eigenvalue weighted by molar-refractivity contribution is 6.02. The van der Waals surface area contributed by atoms with Crippen molar-refractivity contribution >= 4 is 22.1 Å². The molecule has 0 aliphatic carbocycles. The molecule has 3 aromatic heterocycles. The fraction of sp³-hybridized carbons (Fsp3) is 0.125. The molecule has 0 radical (unpaired) electrons. The lowest BCUT2D eigenvalue weighted by molar-refractivity contribution is -0.648. The van der Waals surface area contributed by atoms with Gasteiger partial charge in [-0.05, 0) is 12.1 Å². The van der Waals surface area contributed by atoms with E-state index in [2.05, 4.69) is 44.5 Å². The molecule has 0 bridgehead atoms. The molecule has 4 heteroatoms. The van der Waals surface area contributed by atoms with E-state index in [4.69, 9.17) is 4.42 Å². The predicted octanol–water partition coefficient (Wildman–Crippen LogP) is 2.64. The molecule has 20 heavy (non-hydrogen) atoms. The molecule has 4 aromatic rings. The summed E-state index contributed by atoms with van der Waals surface area (Å²) < 4.78 is 10.5. The molecule has 0 saturated carbocycles. The summed E-state index contributed by atoms with van der Waals surface area (Å²) in [5.41, 5.74) is 5.70. The Kier molecular flexibility index (Phi) is 1.67. The lowest BCUT2D eigenvalue weighted by atomic mass is 10.1. The normalized spacial score (nSPS) is 13.1. The zero-order chi connectivity index (χ0) is 13.3. The van der Waals surface area contributed by atoms with Gasteiger partial charge < -0.3 is 8.98 Å².